The second kappa shape index (κ2) is 6.50. The molecular formula is C15H20N2OS2. The summed E-state index contributed by atoms with van der Waals surface area (Å²) >= 11 is 3.26. The number of aromatic nitrogens is 1. The van der Waals surface area contributed by atoms with Crippen LogP contribution in [-0.4, -0.2) is 10.9 Å². The molecule has 5 heteroatoms. The van der Waals surface area contributed by atoms with Crippen molar-refractivity contribution in [1.29, 1.82) is 0 Å². The van der Waals surface area contributed by atoms with Gasteiger partial charge in [0, 0.05) is 15.7 Å². The van der Waals surface area contributed by atoms with Crippen molar-refractivity contribution < 1.29 is 4.79 Å². The van der Waals surface area contributed by atoms with Crippen LogP contribution in [0.2, 0.25) is 0 Å². The molecule has 0 saturated carbocycles. The van der Waals surface area contributed by atoms with Crippen molar-refractivity contribution in [3.8, 4) is 0 Å². The van der Waals surface area contributed by atoms with Gasteiger partial charge < -0.3 is 5.32 Å². The smallest absolute Gasteiger partial charge is 0.263 e. The number of hydrogen-bond donors (Lipinski definition) is 1. The zero-order chi connectivity index (χ0) is 14.7. The molecule has 0 saturated heterocycles. The highest BCUT2D eigenvalue weighted by molar-refractivity contribution is 7.14. The number of carbonyl (C=O) groups is 1. The molecule has 0 radical (unpaired) electrons. The highest BCUT2D eigenvalue weighted by Crippen LogP contribution is 2.24. The summed E-state index contributed by atoms with van der Waals surface area (Å²) in [6, 6.07) is 4.21. The third kappa shape index (κ3) is 3.46. The van der Waals surface area contributed by atoms with Crippen LogP contribution in [0.1, 0.15) is 56.8 Å². The minimum atomic E-state index is -0.0154. The van der Waals surface area contributed by atoms with Gasteiger partial charge in [-0.05, 0) is 25.5 Å². The van der Waals surface area contributed by atoms with Gasteiger partial charge >= 0.3 is 0 Å². The maximum atomic E-state index is 12.2. The Balaban J connectivity index is 2.01. The molecule has 0 aliphatic rings. The van der Waals surface area contributed by atoms with Crippen molar-refractivity contribution in [2.75, 3.05) is 0 Å². The van der Waals surface area contributed by atoms with Gasteiger partial charge in [-0.15, -0.1) is 22.7 Å². The number of hydrogen-bond acceptors (Lipinski definition) is 4. The number of nitrogens with one attached hydrogen (secondary N) is 1. The molecule has 1 N–H and O–H groups in total. The van der Waals surface area contributed by atoms with Crippen LogP contribution in [0, 0.1) is 6.92 Å². The molecule has 3 nitrogen and oxygen atoms in total. The molecule has 2 aromatic rings. The summed E-state index contributed by atoms with van der Waals surface area (Å²) in [5.74, 6) is 0.350. The quantitative estimate of drug-likeness (QED) is 0.902. The van der Waals surface area contributed by atoms with Gasteiger partial charge in [0.2, 0.25) is 0 Å². The van der Waals surface area contributed by atoms with E-state index in [2.05, 4.69) is 43.2 Å². The van der Waals surface area contributed by atoms with Gasteiger partial charge in [-0.2, -0.15) is 0 Å². The molecule has 1 amide bonds. The molecule has 0 unspecified atom stereocenters. The van der Waals surface area contributed by atoms with Crippen molar-refractivity contribution in [3.63, 3.8) is 0 Å². The SMILES string of the molecule is CCc1ccc(CNC(=O)c2sc(C(C)C)nc2C)s1. The van der Waals surface area contributed by atoms with E-state index in [0.29, 0.717) is 12.5 Å². The molecular weight excluding hydrogens is 288 g/mol. The first-order valence-corrected chi connectivity index (χ1v) is 8.47. The van der Waals surface area contributed by atoms with Gasteiger partial charge in [-0.25, -0.2) is 4.98 Å². The maximum Gasteiger partial charge on any atom is 0.263 e. The van der Waals surface area contributed by atoms with Crippen molar-refractivity contribution in [2.45, 2.75) is 46.6 Å². The molecule has 2 rings (SSSR count). The molecule has 0 bridgehead atoms. The average molecular weight is 308 g/mol. The van der Waals surface area contributed by atoms with E-state index < -0.39 is 0 Å². The summed E-state index contributed by atoms with van der Waals surface area (Å²) < 4.78 is 0. The first-order chi connectivity index (χ1) is 9.51. The maximum absolute atomic E-state index is 12.2. The lowest BCUT2D eigenvalue weighted by atomic mass is 10.2. The normalized spacial score (nSPS) is 11.1. The topological polar surface area (TPSA) is 42.0 Å². The molecule has 2 aromatic heterocycles. The van der Waals surface area contributed by atoms with Crippen LogP contribution in [0.25, 0.3) is 0 Å². The van der Waals surface area contributed by atoms with Crippen molar-refractivity contribution in [3.05, 3.63) is 37.5 Å². The highest BCUT2D eigenvalue weighted by Gasteiger charge is 2.16. The van der Waals surface area contributed by atoms with Gasteiger partial charge in [0.05, 0.1) is 17.2 Å². The minimum absolute atomic E-state index is 0.0154. The molecule has 2 heterocycles. The number of carbonyl (C=O) groups excluding carboxylic acids is 1. The van der Waals surface area contributed by atoms with Crippen LogP contribution < -0.4 is 5.32 Å². The Labute approximate surface area is 128 Å². The summed E-state index contributed by atoms with van der Waals surface area (Å²) in [6.07, 6.45) is 1.05. The Morgan fingerprint density at radius 3 is 2.55 bits per heavy atom. The summed E-state index contributed by atoms with van der Waals surface area (Å²) in [7, 11) is 0. The number of nitrogens with zero attached hydrogens (tertiary/aromatic N) is 1. The molecule has 0 aromatic carbocycles. The zero-order valence-corrected chi connectivity index (χ0v) is 14.0. The van der Waals surface area contributed by atoms with Crippen molar-refractivity contribution in [1.82, 2.24) is 10.3 Å². The zero-order valence-electron chi connectivity index (χ0n) is 12.3. The van der Waals surface area contributed by atoms with Crippen molar-refractivity contribution in [2.24, 2.45) is 0 Å². The predicted molar refractivity (Wildman–Crippen MR) is 85.8 cm³/mol. The molecule has 20 heavy (non-hydrogen) atoms. The average Bonchev–Trinajstić information content (AvgIpc) is 3.02. The van der Waals surface area contributed by atoms with E-state index in [-0.39, 0.29) is 5.91 Å². The van der Waals surface area contributed by atoms with E-state index in [1.54, 1.807) is 11.3 Å². The third-order valence-electron chi connectivity index (χ3n) is 3.00. The lowest BCUT2D eigenvalue weighted by Crippen LogP contribution is -2.22. The lowest BCUT2D eigenvalue weighted by molar-refractivity contribution is 0.0954. The van der Waals surface area contributed by atoms with Crippen LogP contribution in [0.15, 0.2) is 12.1 Å². The van der Waals surface area contributed by atoms with Crippen LogP contribution >= 0.6 is 22.7 Å². The van der Waals surface area contributed by atoms with E-state index in [0.717, 1.165) is 22.0 Å². The van der Waals surface area contributed by atoms with Crippen LogP contribution in [0.5, 0.6) is 0 Å². The molecule has 0 spiro atoms. The highest BCUT2D eigenvalue weighted by atomic mass is 32.1. The molecule has 0 aliphatic heterocycles. The Kier molecular flexibility index (Phi) is 4.94. The van der Waals surface area contributed by atoms with Gasteiger partial charge in [0.15, 0.2) is 0 Å². The first-order valence-electron chi connectivity index (χ1n) is 6.84. The predicted octanol–water partition coefficient (Wildman–Crippen LogP) is 4.13. The van der Waals surface area contributed by atoms with Crippen molar-refractivity contribution >= 4 is 28.6 Å². The number of thiophene rings is 1. The monoisotopic (exact) mass is 308 g/mol. The Hall–Kier alpha value is -1.20. The first kappa shape index (κ1) is 15.2. The van der Waals surface area contributed by atoms with E-state index in [9.17, 15) is 4.79 Å². The van der Waals surface area contributed by atoms with Gasteiger partial charge in [-0.1, -0.05) is 20.8 Å². The van der Waals surface area contributed by atoms with Gasteiger partial charge in [-0.3, -0.25) is 4.79 Å². The Bertz CT molecular complexity index is 599. The molecule has 0 atom stereocenters. The van der Waals surface area contributed by atoms with Crippen LogP contribution in [-0.2, 0) is 13.0 Å². The fraction of sp³-hybridized carbons (Fsp3) is 0.467. The van der Waals surface area contributed by atoms with E-state index >= 15 is 0 Å². The molecule has 108 valence electrons. The summed E-state index contributed by atoms with van der Waals surface area (Å²) in [4.78, 5) is 20.0. The molecule has 0 fully saturated rings. The number of aryl methyl sites for hydroxylation is 2. The van der Waals surface area contributed by atoms with E-state index in [1.165, 1.54) is 21.1 Å². The minimum Gasteiger partial charge on any atom is -0.346 e. The van der Waals surface area contributed by atoms with E-state index in [1.807, 2.05) is 6.92 Å². The summed E-state index contributed by atoms with van der Waals surface area (Å²) in [5.41, 5.74) is 0.830. The summed E-state index contributed by atoms with van der Waals surface area (Å²) in [6.45, 7) is 8.83. The second-order valence-corrected chi connectivity index (χ2v) is 7.31. The molecule has 0 aliphatic carbocycles. The second-order valence-electron chi connectivity index (χ2n) is 5.03. The van der Waals surface area contributed by atoms with Gasteiger partial charge in [0.1, 0.15) is 4.88 Å². The lowest BCUT2D eigenvalue weighted by Gasteiger charge is -2.01. The summed E-state index contributed by atoms with van der Waals surface area (Å²) in [5, 5.41) is 4.01. The fourth-order valence-electron chi connectivity index (χ4n) is 1.83. The fourth-order valence-corrected chi connectivity index (χ4v) is 3.71. The van der Waals surface area contributed by atoms with Crippen LogP contribution in [0.3, 0.4) is 0 Å². The van der Waals surface area contributed by atoms with Gasteiger partial charge in [0.25, 0.3) is 5.91 Å². The Morgan fingerprint density at radius 1 is 1.30 bits per heavy atom. The van der Waals surface area contributed by atoms with E-state index in [4.69, 9.17) is 0 Å². The largest absolute Gasteiger partial charge is 0.346 e. The number of rotatable bonds is 5. The number of amides is 1. The third-order valence-corrected chi connectivity index (χ3v) is 5.69. The number of thiazole rings is 1. The Morgan fingerprint density at radius 2 is 2.00 bits per heavy atom. The standard InChI is InChI=1S/C15H20N2OS2/c1-5-11-6-7-12(19-11)8-16-14(18)13-10(4)17-15(20-13)9(2)3/h6-7,9H,5,8H2,1-4H3,(H,16,18). The van der Waals surface area contributed by atoms with Crippen LogP contribution in [0.4, 0.5) is 0 Å².